The largest absolute Gasteiger partial charge is 0.496 e. The Morgan fingerprint density at radius 3 is 2.71 bits per heavy atom. The fourth-order valence-corrected chi connectivity index (χ4v) is 6.33. The highest BCUT2D eigenvalue weighted by Crippen LogP contribution is 2.43. The van der Waals surface area contributed by atoms with E-state index in [2.05, 4.69) is 15.1 Å². The summed E-state index contributed by atoms with van der Waals surface area (Å²) in [6, 6.07) is 8.69. The third-order valence-electron chi connectivity index (χ3n) is 7.65. The van der Waals surface area contributed by atoms with Crippen molar-refractivity contribution >= 4 is 11.8 Å². The quantitative estimate of drug-likeness (QED) is 0.726. The number of carbonyl (C=O) groups is 2. The molecule has 1 N–H and O–H groups in total. The van der Waals surface area contributed by atoms with E-state index in [4.69, 9.17) is 4.74 Å². The van der Waals surface area contributed by atoms with Crippen LogP contribution in [0.5, 0.6) is 5.75 Å². The molecule has 6 heteroatoms. The number of methoxy groups -OCH3 is 1. The molecule has 1 aromatic carbocycles. The summed E-state index contributed by atoms with van der Waals surface area (Å²) in [5.74, 6) is 2.26. The van der Waals surface area contributed by atoms with Crippen LogP contribution in [0, 0.1) is 11.8 Å². The fourth-order valence-electron chi connectivity index (χ4n) is 6.33. The van der Waals surface area contributed by atoms with Crippen molar-refractivity contribution < 1.29 is 14.3 Å². The number of para-hydroxylation sites is 1. The molecule has 1 aromatic rings. The Labute approximate surface area is 186 Å². The van der Waals surface area contributed by atoms with Gasteiger partial charge in [0.15, 0.2) is 0 Å². The van der Waals surface area contributed by atoms with Crippen molar-refractivity contribution in [2.24, 2.45) is 11.8 Å². The van der Waals surface area contributed by atoms with Gasteiger partial charge in [-0.25, -0.2) is 0 Å². The summed E-state index contributed by atoms with van der Waals surface area (Å²) in [6.45, 7) is 5.53. The van der Waals surface area contributed by atoms with Crippen LogP contribution in [0.2, 0.25) is 0 Å². The van der Waals surface area contributed by atoms with Crippen LogP contribution in [0.4, 0.5) is 0 Å². The van der Waals surface area contributed by atoms with Crippen molar-refractivity contribution in [1.82, 2.24) is 15.1 Å². The molecule has 6 nitrogen and oxygen atoms in total. The Hall–Kier alpha value is -2.08. The van der Waals surface area contributed by atoms with Gasteiger partial charge in [-0.3, -0.25) is 14.5 Å². The average molecular weight is 428 g/mol. The Balaban J connectivity index is 1.33. The molecule has 31 heavy (non-hydrogen) atoms. The lowest BCUT2D eigenvalue weighted by atomic mass is 9.69. The van der Waals surface area contributed by atoms with Crippen LogP contribution in [0.25, 0.3) is 0 Å². The van der Waals surface area contributed by atoms with Crippen LogP contribution in [0.3, 0.4) is 0 Å². The number of ether oxygens (including phenoxy) is 1. The number of piperidine rings is 3. The Morgan fingerprint density at radius 2 is 1.94 bits per heavy atom. The number of rotatable bonds is 7. The second kappa shape index (κ2) is 10.0. The van der Waals surface area contributed by atoms with Crippen LogP contribution >= 0.6 is 0 Å². The minimum absolute atomic E-state index is 0.0666. The van der Waals surface area contributed by atoms with Gasteiger partial charge in [0.2, 0.25) is 11.8 Å². The summed E-state index contributed by atoms with van der Waals surface area (Å²) in [7, 11) is 1.65. The van der Waals surface area contributed by atoms with Crippen molar-refractivity contribution in [3.8, 4) is 5.75 Å². The average Bonchev–Trinajstić information content (AvgIpc) is 2.79. The molecule has 3 aliphatic heterocycles. The molecular formula is C25H37N3O3. The van der Waals surface area contributed by atoms with Gasteiger partial charge in [-0.1, -0.05) is 18.2 Å². The van der Waals surface area contributed by atoms with E-state index in [1.807, 2.05) is 24.3 Å². The van der Waals surface area contributed by atoms with Crippen LogP contribution in [0.1, 0.15) is 57.4 Å². The predicted octanol–water partition coefficient (Wildman–Crippen LogP) is 3.20. The summed E-state index contributed by atoms with van der Waals surface area (Å²) in [5, 5.41) is 3.03. The first-order valence-corrected chi connectivity index (χ1v) is 12.0. The van der Waals surface area contributed by atoms with Gasteiger partial charge < -0.3 is 15.0 Å². The minimum Gasteiger partial charge on any atom is -0.496 e. The van der Waals surface area contributed by atoms with E-state index in [0.717, 1.165) is 30.7 Å². The van der Waals surface area contributed by atoms with Gasteiger partial charge in [0.25, 0.3) is 0 Å². The van der Waals surface area contributed by atoms with Gasteiger partial charge >= 0.3 is 0 Å². The van der Waals surface area contributed by atoms with Gasteiger partial charge in [0.1, 0.15) is 5.75 Å². The summed E-state index contributed by atoms with van der Waals surface area (Å²) in [5.41, 5.74) is 0.985. The molecule has 0 saturated carbocycles. The van der Waals surface area contributed by atoms with E-state index in [9.17, 15) is 9.59 Å². The monoisotopic (exact) mass is 427 g/mol. The van der Waals surface area contributed by atoms with Crippen LogP contribution < -0.4 is 10.1 Å². The molecule has 0 radical (unpaired) electrons. The van der Waals surface area contributed by atoms with E-state index in [1.165, 1.54) is 38.8 Å². The Kier molecular flexibility index (Phi) is 7.16. The lowest BCUT2D eigenvalue weighted by Crippen LogP contribution is -2.65. The molecule has 4 atom stereocenters. The zero-order valence-electron chi connectivity index (χ0n) is 19.0. The molecule has 3 heterocycles. The molecule has 0 aromatic heterocycles. The van der Waals surface area contributed by atoms with Gasteiger partial charge in [-0.15, -0.1) is 0 Å². The molecule has 0 aliphatic carbocycles. The topological polar surface area (TPSA) is 61.9 Å². The maximum Gasteiger partial charge on any atom is 0.220 e. The number of benzene rings is 1. The number of nitrogens with one attached hydrogen (secondary N) is 1. The van der Waals surface area contributed by atoms with Gasteiger partial charge in [-0.2, -0.15) is 0 Å². The highest BCUT2D eigenvalue weighted by molar-refractivity contribution is 5.76. The standard InChI is InChI=1S/C25H37N3O3/c1-18(29)28-17-20-9-6-14-27-15-7-10-21(25(20)27)22(28)11-5-13-24(30)26-16-19-8-3-4-12-23(19)31-2/h3-4,8,12,20-22,25H,5-7,9-11,13-17H2,1-2H3,(H,26,30)/t20-,21+,22+,25-/m0/s1. The van der Waals surface area contributed by atoms with Crippen LogP contribution in [-0.4, -0.2) is 60.4 Å². The first kappa shape index (κ1) is 22.1. The second-order valence-electron chi connectivity index (χ2n) is 9.45. The SMILES string of the molecule is COc1ccccc1CNC(=O)CCC[C@@H]1[C@H]2CCCN3CCC[C@@H](CN1C(C)=O)[C@@H]23. The summed E-state index contributed by atoms with van der Waals surface area (Å²) in [4.78, 5) is 29.8. The summed E-state index contributed by atoms with van der Waals surface area (Å²) >= 11 is 0. The zero-order chi connectivity index (χ0) is 21.8. The summed E-state index contributed by atoms with van der Waals surface area (Å²) in [6.07, 6.45) is 7.20. The molecule has 4 rings (SSSR count). The number of hydrogen-bond acceptors (Lipinski definition) is 4. The number of amides is 2. The molecule has 3 aliphatic rings. The Morgan fingerprint density at radius 1 is 1.16 bits per heavy atom. The predicted molar refractivity (Wildman–Crippen MR) is 121 cm³/mol. The molecule has 3 saturated heterocycles. The molecule has 3 fully saturated rings. The molecular weight excluding hydrogens is 390 g/mol. The van der Waals surface area contributed by atoms with Crippen molar-refractivity contribution in [3.63, 3.8) is 0 Å². The molecule has 0 bridgehead atoms. The summed E-state index contributed by atoms with van der Waals surface area (Å²) < 4.78 is 5.36. The normalized spacial score (nSPS) is 28.0. The van der Waals surface area contributed by atoms with Crippen LogP contribution in [-0.2, 0) is 16.1 Å². The van der Waals surface area contributed by atoms with E-state index in [1.54, 1.807) is 14.0 Å². The van der Waals surface area contributed by atoms with Crippen LogP contribution in [0.15, 0.2) is 24.3 Å². The van der Waals surface area contributed by atoms with E-state index in [0.29, 0.717) is 30.8 Å². The first-order chi connectivity index (χ1) is 15.1. The van der Waals surface area contributed by atoms with Gasteiger partial charge in [-0.05, 0) is 69.5 Å². The highest BCUT2D eigenvalue weighted by atomic mass is 16.5. The highest BCUT2D eigenvalue weighted by Gasteiger charge is 2.48. The molecule has 0 unspecified atom stereocenters. The van der Waals surface area contributed by atoms with E-state index in [-0.39, 0.29) is 17.9 Å². The molecule has 0 spiro atoms. The van der Waals surface area contributed by atoms with Gasteiger partial charge in [0.05, 0.1) is 7.11 Å². The minimum atomic E-state index is 0.0666. The maximum atomic E-state index is 12.5. The number of likely N-dealkylation sites (tertiary alicyclic amines) is 1. The third-order valence-corrected chi connectivity index (χ3v) is 7.65. The van der Waals surface area contributed by atoms with Gasteiger partial charge in [0, 0.05) is 44.1 Å². The third kappa shape index (κ3) is 4.89. The van der Waals surface area contributed by atoms with Crippen molar-refractivity contribution in [3.05, 3.63) is 29.8 Å². The molecule has 2 amide bonds. The second-order valence-corrected chi connectivity index (χ2v) is 9.45. The molecule has 170 valence electrons. The lowest BCUT2D eigenvalue weighted by molar-refractivity contribution is -0.144. The smallest absolute Gasteiger partial charge is 0.220 e. The van der Waals surface area contributed by atoms with Crippen molar-refractivity contribution in [1.29, 1.82) is 0 Å². The van der Waals surface area contributed by atoms with E-state index < -0.39 is 0 Å². The zero-order valence-corrected chi connectivity index (χ0v) is 19.0. The lowest BCUT2D eigenvalue weighted by Gasteiger charge is -2.57. The number of hydrogen-bond donors (Lipinski definition) is 1. The van der Waals surface area contributed by atoms with E-state index >= 15 is 0 Å². The fraction of sp³-hybridized carbons (Fsp3) is 0.680. The van der Waals surface area contributed by atoms with Crippen molar-refractivity contribution in [2.45, 2.75) is 70.5 Å². The number of nitrogens with zero attached hydrogens (tertiary/aromatic N) is 2. The maximum absolute atomic E-state index is 12.5. The first-order valence-electron chi connectivity index (χ1n) is 12.0. The Bertz CT molecular complexity index is 781. The van der Waals surface area contributed by atoms with Crippen molar-refractivity contribution in [2.75, 3.05) is 26.7 Å². The number of carbonyl (C=O) groups excluding carboxylic acids is 2.